The Morgan fingerprint density at radius 1 is 0.962 bits per heavy atom. The maximum atomic E-state index is 6.26. The minimum Gasteiger partial charge on any atom is -0.452 e. The third-order valence-electron chi connectivity index (χ3n) is 4.80. The van der Waals surface area contributed by atoms with Gasteiger partial charge in [-0.25, -0.2) is 4.98 Å². The Hall–Kier alpha value is -2.88. The maximum Gasteiger partial charge on any atom is 0.160 e. The van der Waals surface area contributed by atoms with Gasteiger partial charge in [0.05, 0.1) is 5.36 Å². The SMILES string of the molecule is CC/N=c1\ccc2nc3ccc4cc(N(CC)CC)ccc4c3oc-2c1. The van der Waals surface area contributed by atoms with Crippen LogP contribution in [0.2, 0.25) is 0 Å². The van der Waals surface area contributed by atoms with Crippen LogP contribution in [-0.2, 0) is 0 Å². The lowest BCUT2D eigenvalue weighted by Gasteiger charge is -2.21. The topological polar surface area (TPSA) is 41.6 Å². The Labute approximate surface area is 153 Å². The largest absolute Gasteiger partial charge is 0.452 e. The van der Waals surface area contributed by atoms with Gasteiger partial charge in [0.15, 0.2) is 11.3 Å². The van der Waals surface area contributed by atoms with Crippen molar-refractivity contribution in [3.05, 3.63) is 53.9 Å². The molecule has 0 unspecified atom stereocenters. The molecule has 0 saturated carbocycles. The van der Waals surface area contributed by atoms with Crippen LogP contribution in [0, 0.1) is 0 Å². The van der Waals surface area contributed by atoms with Gasteiger partial charge in [0.1, 0.15) is 11.2 Å². The van der Waals surface area contributed by atoms with E-state index < -0.39 is 0 Å². The first-order valence-corrected chi connectivity index (χ1v) is 9.26. The van der Waals surface area contributed by atoms with Crippen LogP contribution in [-0.4, -0.2) is 24.6 Å². The van der Waals surface area contributed by atoms with E-state index in [4.69, 9.17) is 9.40 Å². The molecule has 0 fully saturated rings. The van der Waals surface area contributed by atoms with E-state index in [2.05, 4.69) is 48.0 Å². The van der Waals surface area contributed by atoms with Crippen LogP contribution in [0.3, 0.4) is 0 Å². The molecule has 4 rings (SSSR count). The van der Waals surface area contributed by atoms with Crippen molar-refractivity contribution in [2.45, 2.75) is 20.8 Å². The van der Waals surface area contributed by atoms with Gasteiger partial charge in [0, 0.05) is 36.8 Å². The molecule has 0 atom stereocenters. The Bertz CT molecular complexity index is 1110. The first-order valence-electron chi connectivity index (χ1n) is 9.26. The van der Waals surface area contributed by atoms with Gasteiger partial charge < -0.3 is 9.32 Å². The lowest BCUT2D eigenvalue weighted by atomic mass is 10.1. The first-order chi connectivity index (χ1) is 12.7. The van der Waals surface area contributed by atoms with Gasteiger partial charge in [-0.2, -0.15) is 0 Å². The predicted octanol–water partition coefficient (Wildman–Crippen LogP) is 4.85. The molecule has 1 heterocycles. The van der Waals surface area contributed by atoms with Crippen molar-refractivity contribution in [3.63, 3.8) is 0 Å². The van der Waals surface area contributed by atoms with E-state index in [1.165, 1.54) is 11.1 Å². The second kappa shape index (κ2) is 6.79. The summed E-state index contributed by atoms with van der Waals surface area (Å²) in [6, 6.07) is 16.6. The van der Waals surface area contributed by atoms with E-state index in [0.29, 0.717) is 0 Å². The zero-order valence-corrected chi connectivity index (χ0v) is 15.5. The highest BCUT2D eigenvalue weighted by molar-refractivity contribution is 6.04. The fourth-order valence-corrected chi connectivity index (χ4v) is 3.46. The monoisotopic (exact) mass is 345 g/mol. The molecule has 4 nitrogen and oxygen atoms in total. The van der Waals surface area contributed by atoms with E-state index in [1.807, 2.05) is 31.2 Å². The average molecular weight is 345 g/mol. The fraction of sp³-hybridized carbons (Fsp3) is 0.273. The molecule has 0 N–H and O–H groups in total. The zero-order valence-electron chi connectivity index (χ0n) is 15.5. The number of fused-ring (bicyclic) bond motifs is 4. The molecule has 2 aliphatic rings. The van der Waals surface area contributed by atoms with Crippen LogP contribution < -0.4 is 10.3 Å². The molecule has 0 amide bonds. The maximum absolute atomic E-state index is 6.26. The Kier molecular flexibility index (Phi) is 4.33. The molecule has 1 aliphatic heterocycles. The van der Waals surface area contributed by atoms with Crippen molar-refractivity contribution < 1.29 is 4.42 Å². The molecule has 0 radical (unpaired) electrons. The molecule has 0 aromatic heterocycles. The molecule has 0 spiro atoms. The number of anilines is 1. The smallest absolute Gasteiger partial charge is 0.160 e. The summed E-state index contributed by atoms with van der Waals surface area (Å²) >= 11 is 0. The Morgan fingerprint density at radius 3 is 2.58 bits per heavy atom. The van der Waals surface area contributed by atoms with Crippen molar-refractivity contribution in [1.29, 1.82) is 0 Å². The van der Waals surface area contributed by atoms with E-state index >= 15 is 0 Å². The van der Waals surface area contributed by atoms with E-state index in [-0.39, 0.29) is 0 Å². The highest BCUT2D eigenvalue weighted by Gasteiger charge is 2.12. The van der Waals surface area contributed by atoms with Crippen molar-refractivity contribution in [2.24, 2.45) is 4.99 Å². The van der Waals surface area contributed by atoms with Gasteiger partial charge in [0.25, 0.3) is 0 Å². The van der Waals surface area contributed by atoms with Gasteiger partial charge in [0.2, 0.25) is 0 Å². The quantitative estimate of drug-likeness (QED) is 0.392. The number of benzene rings is 3. The number of nitrogens with zero attached hydrogens (tertiary/aromatic N) is 3. The molecule has 26 heavy (non-hydrogen) atoms. The Morgan fingerprint density at radius 2 is 1.81 bits per heavy atom. The van der Waals surface area contributed by atoms with Crippen LogP contribution in [0.15, 0.2) is 57.9 Å². The average Bonchev–Trinajstić information content (AvgIpc) is 2.67. The summed E-state index contributed by atoms with van der Waals surface area (Å²) in [6.07, 6.45) is 0. The summed E-state index contributed by atoms with van der Waals surface area (Å²) in [7, 11) is 0. The van der Waals surface area contributed by atoms with Crippen LogP contribution in [0.5, 0.6) is 0 Å². The highest BCUT2D eigenvalue weighted by Crippen LogP contribution is 2.31. The minimum atomic E-state index is 0.754. The van der Waals surface area contributed by atoms with Crippen molar-refractivity contribution in [3.8, 4) is 11.5 Å². The second-order valence-electron chi connectivity index (χ2n) is 6.33. The molecule has 2 aromatic rings. The van der Waals surface area contributed by atoms with Gasteiger partial charge in [-0.05, 0) is 62.6 Å². The summed E-state index contributed by atoms with van der Waals surface area (Å²) in [6.45, 7) is 9.13. The van der Waals surface area contributed by atoms with Gasteiger partial charge in [-0.1, -0.05) is 6.07 Å². The summed E-state index contributed by atoms with van der Waals surface area (Å²) in [4.78, 5) is 11.6. The Balaban J connectivity index is 1.96. The number of hydrogen-bond donors (Lipinski definition) is 0. The lowest BCUT2D eigenvalue weighted by Crippen LogP contribution is -2.21. The van der Waals surface area contributed by atoms with Crippen LogP contribution in [0.25, 0.3) is 33.3 Å². The summed E-state index contributed by atoms with van der Waals surface area (Å²) < 4.78 is 6.26. The number of aromatic nitrogens is 1. The minimum absolute atomic E-state index is 0.754. The van der Waals surface area contributed by atoms with Gasteiger partial charge >= 0.3 is 0 Å². The first kappa shape index (κ1) is 16.6. The summed E-state index contributed by atoms with van der Waals surface area (Å²) in [5.41, 5.74) is 3.79. The van der Waals surface area contributed by atoms with Crippen molar-refractivity contribution >= 4 is 27.6 Å². The van der Waals surface area contributed by atoms with Gasteiger partial charge in [-0.3, -0.25) is 4.99 Å². The van der Waals surface area contributed by atoms with E-state index in [0.717, 1.165) is 52.9 Å². The molecule has 1 aliphatic carbocycles. The highest BCUT2D eigenvalue weighted by atomic mass is 16.3. The van der Waals surface area contributed by atoms with E-state index in [1.54, 1.807) is 0 Å². The molecule has 0 bridgehead atoms. The van der Waals surface area contributed by atoms with Gasteiger partial charge in [-0.15, -0.1) is 0 Å². The second-order valence-corrected chi connectivity index (χ2v) is 6.33. The summed E-state index contributed by atoms with van der Waals surface area (Å²) in [5, 5.41) is 3.18. The van der Waals surface area contributed by atoms with Crippen LogP contribution in [0.4, 0.5) is 5.69 Å². The van der Waals surface area contributed by atoms with Crippen molar-refractivity contribution in [1.82, 2.24) is 4.98 Å². The molecule has 132 valence electrons. The number of rotatable bonds is 4. The predicted molar refractivity (Wildman–Crippen MR) is 108 cm³/mol. The lowest BCUT2D eigenvalue weighted by molar-refractivity contribution is 0.615. The third-order valence-corrected chi connectivity index (χ3v) is 4.80. The number of hydrogen-bond acceptors (Lipinski definition) is 4. The molecule has 4 heteroatoms. The third kappa shape index (κ3) is 2.81. The molecule has 0 saturated heterocycles. The molecular formula is C22H23N3O. The fourth-order valence-electron chi connectivity index (χ4n) is 3.46. The standard InChI is InChI=1S/C22H23N3O/c1-4-23-16-8-12-19-21(14-16)26-22-18-10-9-17(25(5-2)6-3)13-15(18)7-11-20(22)24-19/h7-14H,4-6H2,1-3H3/b23-16+. The van der Waals surface area contributed by atoms with Crippen molar-refractivity contribution in [2.75, 3.05) is 24.5 Å². The summed E-state index contributed by atoms with van der Waals surface area (Å²) in [5.74, 6) is 0.771. The molecule has 2 aromatic carbocycles. The van der Waals surface area contributed by atoms with Crippen LogP contribution >= 0.6 is 0 Å². The van der Waals surface area contributed by atoms with E-state index in [9.17, 15) is 0 Å². The zero-order chi connectivity index (χ0) is 18.1. The van der Waals surface area contributed by atoms with Crippen LogP contribution in [0.1, 0.15) is 20.8 Å². The molecular weight excluding hydrogens is 322 g/mol. The normalized spacial score (nSPS) is 12.3.